The van der Waals surface area contributed by atoms with Crippen molar-refractivity contribution < 1.29 is 18.0 Å². The first-order chi connectivity index (χ1) is 18.1. The highest BCUT2D eigenvalue weighted by Gasteiger charge is 2.32. The van der Waals surface area contributed by atoms with Gasteiger partial charge in [0.15, 0.2) is 0 Å². The number of amides is 1. The minimum absolute atomic E-state index is 0.0552. The highest BCUT2D eigenvalue weighted by Crippen LogP contribution is 2.35. The summed E-state index contributed by atoms with van der Waals surface area (Å²) in [6, 6.07) is 2.41. The van der Waals surface area contributed by atoms with Crippen LogP contribution in [0.25, 0.3) is 22.3 Å². The number of nitrogens with one attached hydrogen (secondary N) is 2. The van der Waals surface area contributed by atoms with Crippen LogP contribution >= 0.6 is 0 Å². The number of carbonyl (C=O) groups is 1. The van der Waals surface area contributed by atoms with Gasteiger partial charge >= 0.3 is 6.18 Å². The molecule has 1 saturated heterocycles. The van der Waals surface area contributed by atoms with E-state index in [1.54, 1.807) is 4.90 Å². The largest absolute Gasteiger partial charge is 0.417 e. The molecule has 3 aromatic rings. The predicted molar refractivity (Wildman–Crippen MR) is 135 cm³/mol. The van der Waals surface area contributed by atoms with Crippen molar-refractivity contribution in [3.63, 3.8) is 0 Å². The fourth-order valence-electron chi connectivity index (χ4n) is 4.73. The Hall–Kier alpha value is -3.76. The van der Waals surface area contributed by atoms with Gasteiger partial charge < -0.3 is 26.7 Å². The molecule has 0 unspecified atom stereocenters. The third kappa shape index (κ3) is 5.87. The topological polar surface area (TPSA) is 163 Å². The second kappa shape index (κ2) is 11.3. The maximum atomic E-state index is 13.3. The normalized spacial score (nSPS) is 16.3. The first kappa shape index (κ1) is 27.3. The molecule has 0 spiro atoms. The lowest BCUT2D eigenvalue weighted by Gasteiger charge is -2.36. The molecular weight excluding hydrogens is 499 g/mol. The number of nitriles is 1. The molecule has 38 heavy (non-hydrogen) atoms. The quantitative estimate of drug-likeness (QED) is 0.346. The SMILES string of the molecule is C[C@@H](Nc1ncc(C#N)c(-c2c[nH]c3ncc(C(F)(F)F)cc23)n1)C1CCN(C(=O)[C@H](N)CCCN)CC1. The number of halogens is 3. The van der Waals surface area contributed by atoms with Gasteiger partial charge in [-0.1, -0.05) is 0 Å². The number of piperidine rings is 1. The fourth-order valence-corrected chi connectivity index (χ4v) is 4.73. The lowest BCUT2D eigenvalue weighted by atomic mass is 9.90. The van der Waals surface area contributed by atoms with Crippen molar-refractivity contribution in [1.29, 1.82) is 5.26 Å². The lowest BCUT2D eigenvalue weighted by Crippen LogP contribution is -2.48. The molecule has 0 saturated carbocycles. The number of aromatic nitrogens is 4. The van der Waals surface area contributed by atoms with Crippen LogP contribution in [0.15, 0.2) is 24.7 Å². The Bertz CT molecular complexity index is 1330. The van der Waals surface area contributed by atoms with Crippen LogP contribution in [-0.4, -0.2) is 62.5 Å². The van der Waals surface area contributed by atoms with E-state index in [-0.39, 0.29) is 46.1 Å². The maximum Gasteiger partial charge on any atom is 0.417 e. The molecule has 0 bridgehead atoms. The average Bonchev–Trinajstić information content (AvgIpc) is 3.34. The van der Waals surface area contributed by atoms with Crippen molar-refractivity contribution in [1.82, 2.24) is 24.8 Å². The molecule has 13 heteroatoms. The summed E-state index contributed by atoms with van der Waals surface area (Å²) in [5.74, 6) is 0.427. The number of carbonyl (C=O) groups excluding carboxylic acids is 1. The monoisotopic (exact) mass is 529 g/mol. The molecule has 1 amide bonds. The van der Waals surface area contributed by atoms with Crippen LogP contribution in [0, 0.1) is 17.2 Å². The number of rotatable bonds is 8. The number of hydrogen-bond donors (Lipinski definition) is 4. The zero-order valence-corrected chi connectivity index (χ0v) is 20.9. The standard InChI is InChI=1S/C25H30F3N9O/c1-14(15-4-7-37(8-5-15)23(38)20(31)3-2-6-29)35-24-34-11-16(10-30)21(36-24)19-13-33-22-18(19)9-17(12-32-22)25(26,27)28/h9,11-15,20H,2-8,29,31H2,1H3,(H,32,33)(H,34,35,36)/t14-,20-/m1/s1. The molecule has 0 aromatic carbocycles. The number of nitrogens with zero attached hydrogens (tertiary/aromatic N) is 5. The van der Waals surface area contributed by atoms with Crippen molar-refractivity contribution >= 4 is 22.9 Å². The fraction of sp³-hybridized carbons (Fsp3) is 0.480. The van der Waals surface area contributed by atoms with Gasteiger partial charge in [-0.05, 0) is 51.1 Å². The number of anilines is 1. The third-order valence-electron chi connectivity index (χ3n) is 6.97. The molecule has 10 nitrogen and oxygen atoms in total. The van der Waals surface area contributed by atoms with Crippen LogP contribution in [0.1, 0.15) is 43.7 Å². The highest BCUT2D eigenvalue weighted by atomic mass is 19.4. The molecule has 1 fully saturated rings. The van der Waals surface area contributed by atoms with Crippen molar-refractivity contribution in [2.75, 3.05) is 25.0 Å². The number of nitrogens with two attached hydrogens (primary N) is 2. The van der Waals surface area contributed by atoms with E-state index in [9.17, 15) is 23.2 Å². The van der Waals surface area contributed by atoms with Crippen LogP contribution in [0.5, 0.6) is 0 Å². The van der Waals surface area contributed by atoms with E-state index in [1.807, 2.05) is 13.0 Å². The van der Waals surface area contributed by atoms with Crippen LogP contribution in [0.4, 0.5) is 19.1 Å². The van der Waals surface area contributed by atoms with Gasteiger partial charge in [0.05, 0.1) is 29.1 Å². The summed E-state index contributed by atoms with van der Waals surface area (Å²) < 4.78 is 39.8. The third-order valence-corrected chi connectivity index (χ3v) is 6.97. The van der Waals surface area contributed by atoms with Crippen LogP contribution in [0.2, 0.25) is 0 Å². The van der Waals surface area contributed by atoms with E-state index in [1.165, 1.54) is 12.4 Å². The van der Waals surface area contributed by atoms with Crippen molar-refractivity contribution in [2.45, 2.75) is 50.9 Å². The molecular formula is C25H30F3N9O. The van der Waals surface area contributed by atoms with Gasteiger partial charge in [-0.25, -0.2) is 15.0 Å². The second-order valence-electron chi connectivity index (χ2n) is 9.52. The van der Waals surface area contributed by atoms with Gasteiger partial charge in [-0.2, -0.15) is 18.4 Å². The highest BCUT2D eigenvalue weighted by molar-refractivity contribution is 5.94. The number of pyridine rings is 1. The summed E-state index contributed by atoms with van der Waals surface area (Å²) in [5.41, 5.74) is 11.5. The molecule has 3 aromatic heterocycles. The molecule has 1 aliphatic heterocycles. The summed E-state index contributed by atoms with van der Waals surface area (Å²) in [5, 5.41) is 13.1. The minimum atomic E-state index is -4.56. The summed E-state index contributed by atoms with van der Waals surface area (Å²) in [6.45, 7) is 3.67. The van der Waals surface area contributed by atoms with Crippen LogP contribution in [-0.2, 0) is 11.0 Å². The van der Waals surface area contributed by atoms with Gasteiger partial charge in [0, 0.05) is 42.5 Å². The molecule has 6 N–H and O–H groups in total. The van der Waals surface area contributed by atoms with Crippen molar-refractivity contribution in [3.8, 4) is 17.3 Å². The first-order valence-electron chi connectivity index (χ1n) is 12.4. The first-order valence-corrected chi connectivity index (χ1v) is 12.4. The van der Waals surface area contributed by atoms with Gasteiger partial charge in [-0.3, -0.25) is 4.79 Å². The Morgan fingerprint density at radius 1 is 1.32 bits per heavy atom. The Morgan fingerprint density at radius 2 is 2.05 bits per heavy atom. The smallest absolute Gasteiger partial charge is 0.351 e. The minimum Gasteiger partial charge on any atom is -0.351 e. The van der Waals surface area contributed by atoms with E-state index >= 15 is 0 Å². The number of aromatic amines is 1. The molecule has 4 heterocycles. The molecule has 4 rings (SSSR count). The Labute approximate surface area is 217 Å². The average molecular weight is 530 g/mol. The summed E-state index contributed by atoms with van der Waals surface area (Å²) in [6.07, 6.45) is 1.83. The summed E-state index contributed by atoms with van der Waals surface area (Å²) in [7, 11) is 0. The molecule has 0 radical (unpaired) electrons. The van der Waals surface area contributed by atoms with Crippen molar-refractivity contribution in [3.05, 3.63) is 35.8 Å². The summed E-state index contributed by atoms with van der Waals surface area (Å²) >= 11 is 0. The van der Waals surface area contributed by atoms with E-state index in [4.69, 9.17) is 11.5 Å². The number of fused-ring (bicyclic) bond motifs is 1. The van der Waals surface area contributed by atoms with E-state index in [0.717, 1.165) is 25.1 Å². The number of alkyl halides is 3. The van der Waals surface area contributed by atoms with Gasteiger partial charge in [0.1, 0.15) is 11.7 Å². The molecule has 1 aliphatic rings. The van der Waals surface area contributed by atoms with Crippen LogP contribution < -0.4 is 16.8 Å². The number of hydrogen-bond acceptors (Lipinski definition) is 8. The lowest BCUT2D eigenvalue weighted by molar-refractivity contribution is -0.137. The van der Waals surface area contributed by atoms with Gasteiger partial charge in [0.25, 0.3) is 0 Å². The van der Waals surface area contributed by atoms with E-state index in [2.05, 4.69) is 25.3 Å². The maximum absolute atomic E-state index is 13.3. The second-order valence-corrected chi connectivity index (χ2v) is 9.52. The zero-order valence-electron chi connectivity index (χ0n) is 20.9. The van der Waals surface area contributed by atoms with E-state index in [0.29, 0.717) is 38.0 Å². The van der Waals surface area contributed by atoms with Gasteiger partial charge in [0.2, 0.25) is 11.9 Å². The van der Waals surface area contributed by atoms with E-state index < -0.39 is 17.8 Å². The molecule has 2 atom stereocenters. The van der Waals surface area contributed by atoms with Crippen LogP contribution in [0.3, 0.4) is 0 Å². The Kier molecular flexibility index (Phi) is 8.13. The molecule has 202 valence electrons. The number of likely N-dealkylation sites (tertiary alicyclic amines) is 1. The van der Waals surface area contributed by atoms with Gasteiger partial charge in [-0.15, -0.1) is 0 Å². The number of H-pyrrole nitrogens is 1. The Morgan fingerprint density at radius 3 is 2.71 bits per heavy atom. The molecule has 0 aliphatic carbocycles. The predicted octanol–water partition coefficient (Wildman–Crippen LogP) is 3.02. The Balaban J connectivity index is 1.48. The zero-order chi connectivity index (χ0) is 27.4. The summed E-state index contributed by atoms with van der Waals surface area (Å²) in [4.78, 5) is 29.8. The van der Waals surface area contributed by atoms with Crippen molar-refractivity contribution in [2.24, 2.45) is 17.4 Å².